The van der Waals surface area contributed by atoms with Crippen molar-refractivity contribution >= 4 is 10.9 Å². The first-order valence-corrected chi connectivity index (χ1v) is 3.87. The maximum atomic E-state index is 5.72. The highest BCUT2D eigenvalue weighted by Crippen LogP contribution is 2.17. The Morgan fingerprint density at radius 2 is 2.33 bits per heavy atom. The van der Waals surface area contributed by atoms with Gasteiger partial charge in [-0.3, -0.25) is 0 Å². The standard InChI is InChI=1S/C9H10N2O/c1-6(10)7-2-3-8-5-12-11-9(8)4-7/h2-6H,10H2,1H3. The number of rotatable bonds is 1. The number of aromatic nitrogens is 1. The summed E-state index contributed by atoms with van der Waals surface area (Å²) in [5, 5.41) is 4.84. The predicted octanol–water partition coefficient (Wildman–Crippen LogP) is 1.85. The summed E-state index contributed by atoms with van der Waals surface area (Å²) < 4.78 is 4.81. The minimum Gasteiger partial charge on any atom is -0.364 e. The summed E-state index contributed by atoms with van der Waals surface area (Å²) in [6.07, 6.45) is 1.63. The molecule has 1 aromatic carbocycles. The first-order chi connectivity index (χ1) is 5.77. The zero-order chi connectivity index (χ0) is 8.55. The second-order valence-electron chi connectivity index (χ2n) is 2.92. The van der Waals surface area contributed by atoms with E-state index < -0.39 is 0 Å². The van der Waals surface area contributed by atoms with E-state index in [2.05, 4.69) is 5.16 Å². The largest absolute Gasteiger partial charge is 0.364 e. The second-order valence-corrected chi connectivity index (χ2v) is 2.92. The van der Waals surface area contributed by atoms with Gasteiger partial charge in [0.15, 0.2) is 0 Å². The first kappa shape index (κ1) is 7.31. The molecule has 0 radical (unpaired) electrons. The van der Waals surface area contributed by atoms with Crippen LogP contribution in [0.5, 0.6) is 0 Å². The van der Waals surface area contributed by atoms with Crippen LogP contribution in [-0.4, -0.2) is 5.16 Å². The summed E-state index contributed by atoms with van der Waals surface area (Å²) in [5.74, 6) is 0. The molecule has 3 nitrogen and oxygen atoms in total. The van der Waals surface area contributed by atoms with Gasteiger partial charge >= 0.3 is 0 Å². The molecule has 12 heavy (non-hydrogen) atoms. The van der Waals surface area contributed by atoms with Gasteiger partial charge in [0.2, 0.25) is 0 Å². The molecule has 0 bridgehead atoms. The molecule has 0 aliphatic heterocycles. The van der Waals surface area contributed by atoms with Crippen LogP contribution >= 0.6 is 0 Å². The van der Waals surface area contributed by atoms with Gasteiger partial charge in [0.05, 0.1) is 0 Å². The maximum Gasteiger partial charge on any atom is 0.131 e. The van der Waals surface area contributed by atoms with Crippen molar-refractivity contribution in [3.63, 3.8) is 0 Å². The molecule has 2 N–H and O–H groups in total. The van der Waals surface area contributed by atoms with Crippen molar-refractivity contribution in [3.8, 4) is 0 Å². The van der Waals surface area contributed by atoms with Gasteiger partial charge in [0.25, 0.3) is 0 Å². The summed E-state index contributed by atoms with van der Waals surface area (Å²) in [6, 6.07) is 5.95. The van der Waals surface area contributed by atoms with Crippen LogP contribution < -0.4 is 5.73 Å². The monoisotopic (exact) mass is 162 g/mol. The number of nitrogens with zero attached hydrogens (tertiary/aromatic N) is 1. The van der Waals surface area contributed by atoms with Crippen LogP contribution in [-0.2, 0) is 0 Å². The summed E-state index contributed by atoms with van der Waals surface area (Å²) in [4.78, 5) is 0. The van der Waals surface area contributed by atoms with Crippen LogP contribution in [0.15, 0.2) is 29.0 Å². The molecule has 0 aliphatic carbocycles. The van der Waals surface area contributed by atoms with Crippen LogP contribution in [0.2, 0.25) is 0 Å². The molecule has 0 amide bonds. The molecule has 0 aliphatic rings. The highest BCUT2D eigenvalue weighted by molar-refractivity contribution is 5.77. The van der Waals surface area contributed by atoms with E-state index in [4.69, 9.17) is 10.3 Å². The van der Waals surface area contributed by atoms with Gasteiger partial charge in [-0.15, -0.1) is 0 Å². The zero-order valence-electron chi connectivity index (χ0n) is 6.82. The average Bonchev–Trinajstić information content (AvgIpc) is 2.49. The fourth-order valence-corrected chi connectivity index (χ4v) is 1.16. The molecule has 0 spiro atoms. The van der Waals surface area contributed by atoms with Crippen molar-refractivity contribution in [2.24, 2.45) is 5.73 Å². The van der Waals surface area contributed by atoms with Crippen LogP contribution in [0.1, 0.15) is 18.5 Å². The molecule has 62 valence electrons. The Bertz CT molecular complexity index is 392. The van der Waals surface area contributed by atoms with Crippen molar-refractivity contribution in [3.05, 3.63) is 30.0 Å². The third-order valence-electron chi connectivity index (χ3n) is 1.91. The fraction of sp³-hybridized carbons (Fsp3) is 0.222. The van der Waals surface area contributed by atoms with Crippen LogP contribution in [0.25, 0.3) is 10.9 Å². The molecular weight excluding hydrogens is 152 g/mol. The molecule has 0 saturated heterocycles. The maximum absolute atomic E-state index is 5.72. The lowest BCUT2D eigenvalue weighted by Gasteiger charge is -2.03. The van der Waals surface area contributed by atoms with Crippen LogP contribution in [0.3, 0.4) is 0 Å². The van der Waals surface area contributed by atoms with E-state index in [1.165, 1.54) is 0 Å². The van der Waals surface area contributed by atoms with Crippen molar-refractivity contribution in [1.29, 1.82) is 0 Å². The number of hydrogen-bond acceptors (Lipinski definition) is 3. The number of benzene rings is 1. The highest BCUT2D eigenvalue weighted by atomic mass is 16.5. The van der Waals surface area contributed by atoms with E-state index in [1.54, 1.807) is 6.26 Å². The minimum atomic E-state index is 0.0473. The first-order valence-electron chi connectivity index (χ1n) is 3.87. The Hall–Kier alpha value is -1.35. The molecule has 2 aromatic rings. The van der Waals surface area contributed by atoms with Gasteiger partial charge in [-0.05, 0) is 24.6 Å². The average molecular weight is 162 g/mol. The minimum absolute atomic E-state index is 0.0473. The van der Waals surface area contributed by atoms with Crippen molar-refractivity contribution in [1.82, 2.24) is 5.16 Å². The molecule has 1 unspecified atom stereocenters. The molecule has 3 heteroatoms. The molecule has 1 aromatic heterocycles. The van der Waals surface area contributed by atoms with Gasteiger partial charge in [-0.2, -0.15) is 0 Å². The summed E-state index contributed by atoms with van der Waals surface area (Å²) in [6.45, 7) is 1.95. The third kappa shape index (κ3) is 1.08. The lowest BCUT2D eigenvalue weighted by Crippen LogP contribution is -2.04. The molecule has 1 atom stereocenters. The number of fused-ring (bicyclic) bond motifs is 1. The Kier molecular flexibility index (Phi) is 1.59. The fourth-order valence-electron chi connectivity index (χ4n) is 1.16. The zero-order valence-corrected chi connectivity index (χ0v) is 6.82. The smallest absolute Gasteiger partial charge is 0.131 e. The van der Waals surface area contributed by atoms with Gasteiger partial charge in [0.1, 0.15) is 11.8 Å². The van der Waals surface area contributed by atoms with E-state index in [0.717, 1.165) is 16.5 Å². The topological polar surface area (TPSA) is 52.0 Å². The van der Waals surface area contributed by atoms with E-state index >= 15 is 0 Å². The Morgan fingerprint density at radius 3 is 3.08 bits per heavy atom. The summed E-state index contributed by atoms with van der Waals surface area (Å²) in [5.41, 5.74) is 7.66. The second kappa shape index (κ2) is 2.60. The quantitative estimate of drug-likeness (QED) is 0.696. The normalized spacial score (nSPS) is 13.5. The van der Waals surface area contributed by atoms with Crippen LogP contribution in [0, 0.1) is 0 Å². The van der Waals surface area contributed by atoms with Crippen LogP contribution in [0.4, 0.5) is 0 Å². The lowest BCUT2D eigenvalue weighted by atomic mass is 10.1. The van der Waals surface area contributed by atoms with Crippen molar-refractivity contribution < 1.29 is 4.52 Å². The van der Waals surface area contributed by atoms with E-state index in [9.17, 15) is 0 Å². The lowest BCUT2D eigenvalue weighted by molar-refractivity contribution is 0.428. The van der Waals surface area contributed by atoms with E-state index in [-0.39, 0.29) is 6.04 Å². The van der Waals surface area contributed by atoms with Gasteiger partial charge in [-0.1, -0.05) is 11.2 Å². The third-order valence-corrected chi connectivity index (χ3v) is 1.91. The van der Waals surface area contributed by atoms with Gasteiger partial charge in [0, 0.05) is 11.4 Å². The molecule has 0 saturated carbocycles. The molecule has 1 heterocycles. The molecular formula is C9H10N2O. The predicted molar refractivity (Wildman–Crippen MR) is 46.6 cm³/mol. The summed E-state index contributed by atoms with van der Waals surface area (Å²) in [7, 11) is 0. The Morgan fingerprint density at radius 1 is 1.50 bits per heavy atom. The van der Waals surface area contributed by atoms with Gasteiger partial charge < -0.3 is 10.3 Å². The number of hydrogen-bond donors (Lipinski definition) is 1. The Balaban J connectivity index is 2.60. The van der Waals surface area contributed by atoms with Crippen molar-refractivity contribution in [2.75, 3.05) is 0 Å². The van der Waals surface area contributed by atoms with E-state index in [0.29, 0.717) is 0 Å². The van der Waals surface area contributed by atoms with E-state index in [1.807, 2.05) is 25.1 Å². The highest BCUT2D eigenvalue weighted by Gasteiger charge is 2.02. The number of nitrogens with two attached hydrogens (primary N) is 1. The SMILES string of the molecule is CC(N)c1ccc2conc2c1. The summed E-state index contributed by atoms with van der Waals surface area (Å²) >= 11 is 0. The van der Waals surface area contributed by atoms with Crippen molar-refractivity contribution in [2.45, 2.75) is 13.0 Å². The Labute approximate surface area is 70.1 Å². The molecule has 0 fully saturated rings. The molecule has 2 rings (SSSR count). The van der Waals surface area contributed by atoms with Gasteiger partial charge in [-0.25, -0.2) is 0 Å².